The minimum absolute atomic E-state index is 0.0207. The molecule has 10 nitrogen and oxygen atoms in total. The van der Waals surface area contributed by atoms with Crippen molar-refractivity contribution in [2.45, 2.75) is 19.9 Å². The molecule has 2 unspecified atom stereocenters. The van der Waals surface area contributed by atoms with Gasteiger partial charge in [0.1, 0.15) is 16.4 Å². The Hall–Kier alpha value is -3.76. The molecule has 3 aromatic rings. The smallest absolute Gasteiger partial charge is 0.319 e. The summed E-state index contributed by atoms with van der Waals surface area (Å²) < 4.78 is 11.8. The quantitative estimate of drug-likeness (QED) is 0.458. The molecule has 1 amide bonds. The molecule has 0 spiro atoms. The first-order chi connectivity index (χ1) is 18.1. The van der Waals surface area contributed by atoms with Crippen molar-refractivity contribution in [2.75, 3.05) is 19.1 Å². The van der Waals surface area contributed by atoms with E-state index in [9.17, 15) is 9.59 Å². The third-order valence-corrected chi connectivity index (χ3v) is 7.35. The van der Waals surface area contributed by atoms with Gasteiger partial charge in [0, 0.05) is 29.5 Å². The van der Waals surface area contributed by atoms with Crippen LogP contribution in [0, 0.1) is 17.2 Å². The van der Waals surface area contributed by atoms with Crippen molar-refractivity contribution in [1.82, 2.24) is 14.5 Å². The van der Waals surface area contributed by atoms with Gasteiger partial charge >= 0.3 is 6.01 Å². The fourth-order valence-electron chi connectivity index (χ4n) is 5.07. The number of ether oxygens (including phenoxy) is 2. The highest BCUT2D eigenvalue weighted by molar-refractivity contribution is 6.50. The molecule has 196 valence electrons. The summed E-state index contributed by atoms with van der Waals surface area (Å²) in [6.45, 7) is 3.88. The Bertz CT molecular complexity index is 1600. The lowest BCUT2D eigenvalue weighted by Gasteiger charge is -2.37. The molecule has 2 atom stereocenters. The van der Waals surface area contributed by atoms with E-state index >= 15 is 0 Å². The van der Waals surface area contributed by atoms with Gasteiger partial charge in [0.25, 0.3) is 11.5 Å². The Morgan fingerprint density at radius 1 is 1.18 bits per heavy atom. The Morgan fingerprint density at radius 3 is 2.58 bits per heavy atom. The van der Waals surface area contributed by atoms with Crippen LogP contribution >= 0.6 is 23.2 Å². The molecule has 12 heteroatoms. The van der Waals surface area contributed by atoms with Gasteiger partial charge in [-0.25, -0.2) is 9.98 Å². The van der Waals surface area contributed by atoms with Crippen LogP contribution in [0.25, 0.3) is 11.1 Å². The molecule has 1 N–H and O–H groups in total. The summed E-state index contributed by atoms with van der Waals surface area (Å²) in [6, 6.07) is 4.76. The summed E-state index contributed by atoms with van der Waals surface area (Å²) in [6.07, 6.45) is 3.05. The zero-order valence-corrected chi connectivity index (χ0v) is 22.8. The summed E-state index contributed by atoms with van der Waals surface area (Å²) in [5.74, 6) is -1.19. The molecule has 1 saturated heterocycles. The minimum atomic E-state index is -0.724. The first kappa shape index (κ1) is 25.9. The van der Waals surface area contributed by atoms with Gasteiger partial charge < -0.3 is 14.0 Å². The van der Waals surface area contributed by atoms with Gasteiger partial charge in [-0.1, -0.05) is 43.1 Å². The molecule has 2 aliphatic heterocycles. The first-order valence-electron chi connectivity index (χ1n) is 11.7. The molecular formula is C26H24Cl2N6O4. The number of hydrogen-bond donors (Lipinski definition) is 1. The number of benzene rings is 1. The fraction of sp³-hybridized carbons (Fsp3) is 0.308. The summed E-state index contributed by atoms with van der Waals surface area (Å²) in [5.41, 5.74) is 2.58. The average molecular weight is 555 g/mol. The van der Waals surface area contributed by atoms with Crippen molar-refractivity contribution < 1.29 is 14.3 Å². The maximum Gasteiger partial charge on any atom is 0.319 e. The van der Waals surface area contributed by atoms with Gasteiger partial charge in [0.15, 0.2) is 0 Å². The summed E-state index contributed by atoms with van der Waals surface area (Å²) >= 11 is 12.9. The highest BCUT2D eigenvalue weighted by atomic mass is 35.5. The Balaban J connectivity index is 1.77. The number of aliphatic imine (C=N–C) groups is 1. The van der Waals surface area contributed by atoms with E-state index in [0.29, 0.717) is 38.8 Å². The second-order valence-electron chi connectivity index (χ2n) is 9.30. The van der Waals surface area contributed by atoms with E-state index < -0.39 is 23.4 Å². The van der Waals surface area contributed by atoms with Gasteiger partial charge in [-0.2, -0.15) is 4.98 Å². The Labute approximate surface area is 228 Å². The van der Waals surface area contributed by atoms with Gasteiger partial charge in [-0.05, 0) is 29.2 Å². The second kappa shape index (κ2) is 9.52. The van der Waals surface area contributed by atoms with Gasteiger partial charge in [-0.15, -0.1) is 0 Å². The van der Waals surface area contributed by atoms with E-state index in [-0.39, 0.29) is 28.5 Å². The van der Waals surface area contributed by atoms with Gasteiger partial charge in [0.2, 0.25) is 5.88 Å². The van der Waals surface area contributed by atoms with Gasteiger partial charge in [-0.3, -0.25) is 19.9 Å². The summed E-state index contributed by atoms with van der Waals surface area (Å²) in [4.78, 5) is 41.2. The monoisotopic (exact) mass is 554 g/mol. The maximum absolute atomic E-state index is 13.7. The van der Waals surface area contributed by atoms with Crippen molar-refractivity contribution in [3.8, 4) is 23.0 Å². The van der Waals surface area contributed by atoms with Crippen LogP contribution in [-0.2, 0) is 11.8 Å². The number of carbonyl (C=O) groups excluding carboxylic acids is 1. The number of anilines is 1. The second-order valence-corrected chi connectivity index (χ2v) is 10.1. The largest absolute Gasteiger partial charge is 0.479 e. The first-order valence-corrected chi connectivity index (χ1v) is 12.5. The summed E-state index contributed by atoms with van der Waals surface area (Å²) in [7, 11) is 4.48. The van der Waals surface area contributed by atoms with Crippen LogP contribution < -0.4 is 19.9 Å². The molecule has 38 heavy (non-hydrogen) atoms. The Morgan fingerprint density at radius 2 is 1.92 bits per heavy atom. The zero-order chi connectivity index (χ0) is 27.5. The van der Waals surface area contributed by atoms with Crippen LogP contribution in [0.5, 0.6) is 11.9 Å². The predicted octanol–water partition coefficient (Wildman–Crippen LogP) is 4.63. The average Bonchev–Trinajstić information content (AvgIpc) is 3.15. The van der Waals surface area contributed by atoms with E-state index in [0.717, 1.165) is 0 Å². The van der Waals surface area contributed by atoms with Crippen molar-refractivity contribution in [3.63, 3.8) is 0 Å². The molecule has 5 rings (SSSR count). The van der Waals surface area contributed by atoms with Crippen LogP contribution in [0.3, 0.4) is 0 Å². The molecule has 2 aliphatic rings. The number of nitrogens with zero attached hydrogens (tertiary/aromatic N) is 5. The van der Waals surface area contributed by atoms with Crippen molar-refractivity contribution >= 4 is 51.9 Å². The number of carbonyl (C=O) groups is 1. The van der Waals surface area contributed by atoms with Crippen LogP contribution in [-0.4, -0.2) is 46.1 Å². The zero-order valence-electron chi connectivity index (χ0n) is 21.2. The normalized spacial score (nSPS) is 18.4. The van der Waals surface area contributed by atoms with Crippen LogP contribution in [0.1, 0.15) is 25.5 Å². The van der Waals surface area contributed by atoms with Gasteiger partial charge in [0.05, 0.1) is 38.1 Å². The van der Waals surface area contributed by atoms with E-state index in [4.69, 9.17) is 43.1 Å². The lowest BCUT2D eigenvalue weighted by atomic mass is 9.79. The van der Waals surface area contributed by atoms with Crippen molar-refractivity contribution in [2.24, 2.45) is 23.9 Å². The molecular weight excluding hydrogens is 531 g/mol. The number of aromatic nitrogens is 3. The molecule has 1 aromatic carbocycles. The number of aryl methyl sites for hydroxylation is 1. The van der Waals surface area contributed by atoms with E-state index in [2.05, 4.69) is 9.97 Å². The summed E-state index contributed by atoms with van der Waals surface area (Å²) in [5, 5.41) is 9.38. The number of pyridine rings is 1. The van der Waals surface area contributed by atoms with Crippen molar-refractivity contribution in [3.05, 3.63) is 56.6 Å². The molecule has 0 radical (unpaired) electrons. The number of methoxy groups -OCH3 is 2. The van der Waals surface area contributed by atoms with Crippen molar-refractivity contribution in [1.29, 1.82) is 5.41 Å². The molecule has 0 bridgehead atoms. The number of amides is 1. The number of fused-ring (bicyclic) bond motifs is 6. The van der Waals surface area contributed by atoms with Crippen LogP contribution in [0.4, 0.5) is 11.4 Å². The highest BCUT2D eigenvalue weighted by Crippen LogP contribution is 2.53. The standard InChI is InChI=1S/C26H24Cl2N6O4/c1-11(2)21(31-15-9-30-26(38-5)32-23(15)37-4)18-20(29)25(36)34-16-10-33(3)24(35)19(28)17(16)14-8-12(27)6-7-13(14)22(18)34/h6-11,18,22,29H,1-5H3. The SMILES string of the molecule is COc1ncc(N=C(C(C)C)C2C(=N)C(=O)N3c4cn(C)c(=O)c(Cl)c4-c4cc(Cl)ccc4C23)c(OC)n1. The van der Waals surface area contributed by atoms with Crippen LogP contribution in [0.2, 0.25) is 10.0 Å². The number of hydrogen-bond acceptors (Lipinski definition) is 8. The van der Waals surface area contributed by atoms with E-state index in [1.807, 2.05) is 13.8 Å². The lowest BCUT2D eigenvalue weighted by molar-refractivity contribution is -0.112. The molecule has 2 aromatic heterocycles. The third-order valence-electron chi connectivity index (χ3n) is 6.77. The lowest BCUT2D eigenvalue weighted by Crippen LogP contribution is -2.36. The number of nitrogens with one attached hydrogen (secondary N) is 1. The maximum atomic E-state index is 13.7. The fourth-order valence-corrected chi connectivity index (χ4v) is 5.58. The molecule has 4 heterocycles. The molecule has 1 fully saturated rings. The third kappa shape index (κ3) is 3.86. The molecule has 0 aliphatic carbocycles. The van der Waals surface area contributed by atoms with Crippen LogP contribution in [0.15, 0.2) is 40.4 Å². The van der Waals surface area contributed by atoms with E-state index in [1.165, 1.54) is 29.9 Å². The van der Waals surface area contributed by atoms with E-state index in [1.54, 1.807) is 31.4 Å². The molecule has 0 saturated carbocycles. The topological polar surface area (TPSA) is 123 Å². The Kier molecular flexibility index (Phi) is 6.48. The minimum Gasteiger partial charge on any atom is -0.479 e. The number of halogens is 2. The highest BCUT2D eigenvalue weighted by Gasteiger charge is 2.52. The number of rotatable bonds is 5. The predicted molar refractivity (Wildman–Crippen MR) is 146 cm³/mol.